The van der Waals surface area contributed by atoms with E-state index in [1.54, 1.807) is 30.4 Å². The highest BCUT2D eigenvalue weighted by Gasteiger charge is 2.23. The second-order valence-corrected chi connectivity index (χ2v) is 14.0. The Labute approximate surface area is 271 Å². The lowest BCUT2D eigenvalue weighted by molar-refractivity contribution is 0.189. The van der Waals surface area contributed by atoms with E-state index >= 15 is 0 Å². The van der Waals surface area contributed by atoms with E-state index in [4.69, 9.17) is 9.72 Å². The molecule has 0 aliphatic carbocycles. The standard InChI is InChI=1S/C31H36BrN10O2P/c1-40-19-20(17-36-40)21-15-25(27(44-2)16-26(21)42-11-9-41(10-12-42)13-14-43)38-31-35-18-22(32)30(39-31)37-24-6-5-23-28(29(24)45(3)4)34-8-7-33-23/h5-8,15-19,43H,9-14H2,1-4H3,(H2,35,37,38,39). The van der Waals surface area contributed by atoms with E-state index < -0.39 is 7.92 Å². The number of ether oxygens (including phenoxy) is 1. The normalized spacial score (nSPS) is 13.9. The summed E-state index contributed by atoms with van der Waals surface area (Å²) in [5.74, 6) is 1.71. The Balaban J connectivity index is 1.34. The number of anilines is 5. The summed E-state index contributed by atoms with van der Waals surface area (Å²) < 4.78 is 8.42. The largest absolute Gasteiger partial charge is 0.494 e. The zero-order valence-electron chi connectivity index (χ0n) is 25.7. The number of aromatic nitrogens is 6. The number of nitrogens with zero attached hydrogens (tertiary/aromatic N) is 8. The van der Waals surface area contributed by atoms with Gasteiger partial charge in [-0.25, -0.2) is 4.98 Å². The fourth-order valence-corrected chi connectivity index (χ4v) is 7.08. The van der Waals surface area contributed by atoms with E-state index in [0.29, 0.717) is 24.1 Å². The summed E-state index contributed by atoms with van der Waals surface area (Å²) in [5, 5.41) is 21.9. The van der Waals surface area contributed by atoms with Crippen LogP contribution in [0.25, 0.3) is 22.2 Å². The minimum absolute atomic E-state index is 0.168. The first-order chi connectivity index (χ1) is 21.8. The molecular weight excluding hydrogens is 655 g/mol. The van der Waals surface area contributed by atoms with Crippen LogP contribution in [0, 0.1) is 0 Å². The minimum atomic E-state index is -0.494. The average Bonchev–Trinajstić information content (AvgIpc) is 3.48. The molecule has 0 amide bonds. The zero-order chi connectivity index (χ0) is 31.5. The lowest BCUT2D eigenvalue weighted by atomic mass is 10.0. The van der Waals surface area contributed by atoms with E-state index in [9.17, 15) is 5.11 Å². The van der Waals surface area contributed by atoms with Crippen LogP contribution < -0.4 is 25.6 Å². The fourth-order valence-electron chi connectivity index (χ4n) is 5.58. The molecule has 0 bridgehead atoms. The number of aliphatic hydroxyl groups is 1. The molecule has 0 saturated carbocycles. The first-order valence-electron chi connectivity index (χ1n) is 14.6. The molecule has 14 heteroatoms. The second-order valence-electron chi connectivity index (χ2n) is 10.9. The first-order valence-corrected chi connectivity index (χ1v) is 17.6. The van der Waals surface area contributed by atoms with Crippen molar-refractivity contribution < 1.29 is 9.84 Å². The Kier molecular flexibility index (Phi) is 9.41. The molecular formula is C31H36BrN10O2P. The number of hydrogen-bond acceptors (Lipinski definition) is 11. The van der Waals surface area contributed by atoms with Gasteiger partial charge in [-0.1, -0.05) is 7.92 Å². The van der Waals surface area contributed by atoms with Crippen LogP contribution in [-0.4, -0.2) is 99.5 Å². The topological polar surface area (TPSA) is 129 Å². The van der Waals surface area contributed by atoms with Crippen LogP contribution in [0.2, 0.25) is 0 Å². The number of halogens is 1. The SMILES string of the molecule is COc1cc(N2CCN(CCO)CC2)c(-c2cnn(C)c2)cc1Nc1ncc(Br)c(Nc2ccc3nccnc3c2P(C)C)n1. The van der Waals surface area contributed by atoms with Crippen molar-refractivity contribution in [2.24, 2.45) is 7.05 Å². The predicted molar refractivity (Wildman–Crippen MR) is 185 cm³/mol. The zero-order valence-corrected chi connectivity index (χ0v) is 28.2. The van der Waals surface area contributed by atoms with Gasteiger partial charge in [0.2, 0.25) is 5.95 Å². The second kappa shape index (κ2) is 13.6. The van der Waals surface area contributed by atoms with E-state index in [1.807, 2.05) is 31.6 Å². The number of aliphatic hydroxyl groups excluding tert-OH is 1. The number of rotatable bonds is 10. The first kappa shape index (κ1) is 31.1. The van der Waals surface area contributed by atoms with Gasteiger partial charge in [0.05, 0.1) is 41.1 Å². The van der Waals surface area contributed by atoms with Gasteiger partial charge in [0.25, 0.3) is 0 Å². The van der Waals surface area contributed by atoms with Gasteiger partial charge >= 0.3 is 0 Å². The third-order valence-corrected chi connectivity index (χ3v) is 9.70. The molecule has 6 rings (SSSR count). The van der Waals surface area contributed by atoms with E-state index in [1.165, 1.54) is 0 Å². The number of fused-ring (bicyclic) bond motifs is 1. The highest BCUT2D eigenvalue weighted by Crippen LogP contribution is 2.41. The number of benzene rings is 2. The summed E-state index contributed by atoms with van der Waals surface area (Å²) >= 11 is 3.63. The Morgan fingerprint density at radius 1 is 1.00 bits per heavy atom. The van der Waals surface area contributed by atoms with Crippen molar-refractivity contribution in [1.82, 2.24) is 34.6 Å². The van der Waals surface area contributed by atoms with Crippen LogP contribution in [0.4, 0.5) is 28.8 Å². The van der Waals surface area contributed by atoms with Gasteiger partial charge in [0, 0.05) is 98.4 Å². The van der Waals surface area contributed by atoms with Gasteiger partial charge in [-0.15, -0.1) is 0 Å². The summed E-state index contributed by atoms with van der Waals surface area (Å²) in [4.78, 5) is 23.2. The van der Waals surface area contributed by atoms with Crippen LogP contribution >= 0.6 is 23.9 Å². The highest BCUT2D eigenvalue weighted by atomic mass is 79.9. The molecule has 0 radical (unpaired) electrons. The maximum absolute atomic E-state index is 9.39. The number of methoxy groups -OCH3 is 1. The average molecular weight is 692 g/mol. The van der Waals surface area contributed by atoms with Crippen LogP contribution in [0.5, 0.6) is 5.75 Å². The van der Waals surface area contributed by atoms with Crippen molar-refractivity contribution in [2.75, 3.05) is 75.3 Å². The van der Waals surface area contributed by atoms with Crippen molar-refractivity contribution in [3.8, 4) is 16.9 Å². The molecule has 45 heavy (non-hydrogen) atoms. The molecule has 234 valence electrons. The van der Waals surface area contributed by atoms with E-state index in [-0.39, 0.29) is 6.61 Å². The van der Waals surface area contributed by atoms with Crippen LogP contribution in [0.1, 0.15) is 0 Å². The fraction of sp³-hybridized carbons (Fsp3) is 0.323. The third kappa shape index (κ3) is 6.72. The molecule has 2 aromatic carbocycles. The highest BCUT2D eigenvalue weighted by molar-refractivity contribution is 9.10. The molecule has 0 atom stereocenters. The van der Waals surface area contributed by atoms with Gasteiger partial charge in [0.1, 0.15) is 11.6 Å². The quantitative estimate of drug-likeness (QED) is 0.178. The van der Waals surface area contributed by atoms with Gasteiger partial charge in [-0.3, -0.25) is 19.5 Å². The van der Waals surface area contributed by atoms with Crippen molar-refractivity contribution in [3.05, 3.63) is 59.7 Å². The van der Waals surface area contributed by atoms with Crippen LogP contribution in [0.3, 0.4) is 0 Å². The minimum Gasteiger partial charge on any atom is -0.494 e. The monoisotopic (exact) mass is 690 g/mol. The summed E-state index contributed by atoms with van der Waals surface area (Å²) in [6.07, 6.45) is 9.06. The molecule has 1 fully saturated rings. The molecule has 4 heterocycles. The molecule has 0 unspecified atom stereocenters. The number of nitrogens with one attached hydrogen (secondary N) is 2. The maximum atomic E-state index is 9.39. The Morgan fingerprint density at radius 2 is 1.80 bits per heavy atom. The van der Waals surface area contributed by atoms with Crippen LogP contribution in [-0.2, 0) is 7.05 Å². The number of hydrogen-bond donors (Lipinski definition) is 3. The van der Waals surface area contributed by atoms with Crippen molar-refractivity contribution >= 4 is 69.0 Å². The third-order valence-electron chi connectivity index (χ3n) is 7.77. The Morgan fingerprint density at radius 3 is 2.51 bits per heavy atom. The summed E-state index contributed by atoms with van der Waals surface area (Å²) in [7, 11) is 3.09. The summed E-state index contributed by atoms with van der Waals surface area (Å²) in [5.41, 5.74) is 6.52. The van der Waals surface area contributed by atoms with Gasteiger partial charge in [-0.2, -0.15) is 10.1 Å². The van der Waals surface area contributed by atoms with Gasteiger partial charge in [-0.05, 0) is 47.5 Å². The number of piperazine rings is 1. The van der Waals surface area contributed by atoms with E-state index in [0.717, 1.165) is 75.2 Å². The lowest BCUT2D eigenvalue weighted by Crippen LogP contribution is -2.47. The van der Waals surface area contributed by atoms with Crippen LogP contribution in [0.15, 0.2) is 59.7 Å². The maximum Gasteiger partial charge on any atom is 0.229 e. The molecule has 5 aromatic rings. The van der Waals surface area contributed by atoms with E-state index in [2.05, 4.69) is 81.9 Å². The molecule has 1 saturated heterocycles. The number of β-amino-alcohol motifs (C(OH)–C–C–N with tert-alkyl or cyclic N) is 1. The van der Waals surface area contributed by atoms with Gasteiger partial charge < -0.3 is 25.4 Å². The van der Waals surface area contributed by atoms with Gasteiger partial charge in [0.15, 0.2) is 0 Å². The number of aryl methyl sites for hydroxylation is 1. The summed E-state index contributed by atoms with van der Waals surface area (Å²) in [6.45, 7) is 8.70. The molecule has 1 aliphatic rings. The van der Waals surface area contributed by atoms with Crippen molar-refractivity contribution in [2.45, 2.75) is 0 Å². The molecule has 3 aromatic heterocycles. The molecule has 0 spiro atoms. The molecule has 3 N–H and O–H groups in total. The smallest absolute Gasteiger partial charge is 0.229 e. The Bertz CT molecular complexity index is 1810. The Hall–Kier alpha value is -3.90. The lowest BCUT2D eigenvalue weighted by Gasteiger charge is -2.37. The summed E-state index contributed by atoms with van der Waals surface area (Å²) in [6, 6.07) is 8.14. The van der Waals surface area contributed by atoms with Crippen molar-refractivity contribution in [1.29, 1.82) is 0 Å². The predicted octanol–water partition coefficient (Wildman–Crippen LogP) is 4.56. The molecule has 12 nitrogen and oxygen atoms in total. The van der Waals surface area contributed by atoms with Crippen molar-refractivity contribution in [3.63, 3.8) is 0 Å². The molecule has 1 aliphatic heterocycles.